The van der Waals surface area contributed by atoms with E-state index in [0.29, 0.717) is 6.54 Å². The lowest BCUT2D eigenvalue weighted by Crippen LogP contribution is -2.22. The Balaban J connectivity index is 2.19. The van der Waals surface area contributed by atoms with Crippen LogP contribution in [0.1, 0.15) is 64.2 Å². The van der Waals surface area contributed by atoms with E-state index >= 15 is 0 Å². The van der Waals surface area contributed by atoms with E-state index in [9.17, 15) is 8.42 Å². The van der Waals surface area contributed by atoms with Crippen molar-refractivity contribution in [1.29, 1.82) is 0 Å². The van der Waals surface area contributed by atoms with Crippen LogP contribution in [0.25, 0.3) is 0 Å². The van der Waals surface area contributed by atoms with Gasteiger partial charge in [0.2, 0.25) is 0 Å². The number of rotatable bonds is 5. The maximum absolute atomic E-state index is 11.4. The minimum absolute atomic E-state index is 0.0628. The summed E-state index contributed by atoms with van der Waals surface area (Å²) in [6, 6.07) is 9.62. The van der Waals surface area contributed by atoms with Gasteiger partial charge in [0, 0.05) is 29.7 Å². The van der Waals surface area contributed by atoms with Gasteiger partial charge in [0.05, 0.1) is 11.4 Å². The van der Waals surface area contributed by atoms with E-state index in [0.717, 1.165) is 28.5 Å². The number of anilines is 1. The van der Waals surface area contributed by atoms with Gasteiger partial charge in [-0.25, -0.2) is 18.4 Å². The molecule has 1 N–H and O–H groups in total. The lowest BCUT2D eigenvalue weighted by Gasteiger charge is -2.24. The van der Waals surface area contributed by atoms with E-state index in [1.807, 2.05) is 30.3 Å². The molecule has 0 aliphatic rings. The van der Waals surface area contributed by atoms with Crippen LogP contribution in [-0.4, -0.2) is 24.6 Å². The highest BCUT2D eigenvalue weighted by molar-refractivity contribution is 7.89. The Bertz CT molecular complexity index is 858. The summed E-state index contributed by atoms with van der Waals surface area (Å²) in [6.07, 6.45) is 1.25. The van der Waals surface area contributed by atoms with Gasteiger partial charge in [0.25, 0.3) is 0 Å². The van der Waals surface area contributed by atoms with Gasteiger partial charge in [0.1, 0.15) is 11.6 Å². The van der Waals surface area contributed by atoms with Crippen molar-refractivity contribution in [2.24, 2.45) is 0 Å². The summed E-state index contributed by atoms with van der Waals surface area (Å²) in [6.45, 7) is 13.4. The Labute approximate surface area is 163 Å². The first kappa shape index (κ1) is 21.4. The molecule has 1 aromatic carbocycles. The number of nitrogens with one attached hydrogen (secondary N) is 1. The van der Waals surface area contributed by atoms with Crippen LogP contribution < -0.4 is 5.32 Å². The number of nitrogens with zero attached hydrogens (tertiary/aromatic N) is 2. The van der Waals surface area contributed by atoms with Gasteiger partial charge in [-0.05, 0) is 11.1 Å². The van der Waals surface area contributed by atoms with Crippen molar-refractivity contribution in [3.8, 4) is 0 Å². The third-order valence-corrected chi connectivity index (χ3v) is 4.95. The first-order valence-corrected chi connectivity index (χ1v) is 11.2. The number of aromatic nitrogens is 2. The molecule has 0 aliphatic heterocycles. The Kier molecular flexibility index (Phi) is 6.00. The molecule has 0 aliphatic carbocycles. The average Bonchev–Trinajstić information content (AvgIpc) is 2.51. The summed E-state index contributed by atoms with van der Waals surface area (Å²) in [5, 5.41) is 3.38. The fourth-order valence-electron chi connectivity index (χ4n) is 2.51. The van der Waals surface area contributed by atoms with Crippen LogP contribution in [0.4, 0.5) is 5.82 Å². The molecule has 0 unspecified atom stereocenters. The molecule has 0 saturated carbocycles. The molecular weight excluding hydrogens is 358 g/mol. The molecule has 0 radical (unpaired) electrons. The van der Waals surface area contributed by atoms with Gasteiger partial charge >= 0.3 is 0 Å². The minimum Gasteiger partial charge on any atom is -0.366 e. The zero-order valence-corrected chi connectivity index (χ0v) is 18.2. The number of benzene rings is 1. The monoisotopic (exact) mass is 389 g/mol. The zero-order valence-electron chi connectivity index (χ0n) is 17.4. The molecule has 1 heterocycles. The maximum Gasteiger partial charge on any atom is 0.151 e. The normalized spacial score (nSPS) is 12.9. The highest BCUT2D eigenvalue weighted by Gasteiger charge is 2.23. The summed E-state index contributed by atoms with van der Waals surface area (Å²) in [4.78, 5) is 9.47. The Hall–Kier alpha value is -1.95. The van der Waals surface area contributed by atoms with Crippen LogP contribution in [0.3, 0.4) is 0 Å². The first-order chi connectivity index (χ1) is 12.2. The van der Waals surface area contributed by atoms with E-state index in [-0.39, 0.29) is 16.6 Å². The molecule has 5 nitrogen and oxygen atoms in total. The van der Waals surface area contributed by atoms with Crippen molar-refractivity contribution in [2.45, 2.75) is 64.7 Å². The van der Waals surface area contributed by atoms with Crippen LogP contribution in [-0.2, 0) is 33.0 Å². The highest BCUT2D eigenvalue weighted by Crippen LogP contribution is 2.27. The fraction of sp³-hybridized carbons (Fsp3) is 0.524. The van der Waals surface area contributed by atoms with E-state index in [2.05, 4.69) is 46.9 Å². The van der Waals surface area contributed by atoms with Crippen molar-refractivity contribution in [3.05, 3.63) is 53.0 Å². The summed E-state index contributed by atoms with van der Waals surface area (Å²) in [7, 11) is -3.02. The van der Waals surface area contributed by atoms with Crippen LogP contribution in [0.2, 0.25) is 0 Å². The highest BCUT2D eigenvalue weighted by atomic mass is 32.2. The quantitative estimate of drug-likeness (QED) is 0.828. The standard InChI is InChI=1S/C21H31N3O2S/c1-20(2,3)17-12-18(24-19(23-17)21(4,5)6)22-13-15-8-10-16(11-9-15)14-27(7,25)26/h8-12H,13-14H2,1-7H3,(H,22,23,24). The van der Waals surface area contributed by atoms with E-state index in [1.54, 1.807) is 0 Å². The van der Waals surface area contributed by atoms with Crippen LogP contribution in [0.15, 0.2) is 30.3 Å². The molecule has 0 bridgehead atoms. The Morgan fingerprint density at radius 3 is 1.93 bits per heavy atom. The summed E-state index contributed by atoms with van der Waals surface area (Å²) in [5.74, 6) is 1.69. The second-order valence-corrected chi connectivity index (χ2v) is 11.3. The largest absolute Gasteiger partial charge is 0.366 e. The molecule has 0 atom stereocenters. The minimum atomic E-state index is -3.02. The molecule has 6 heteroatoms. The molecule has 0 amide bonds. The predicted octanol–water partition coefficient (Wildman–Crippen LogP) is 4.23. The predicted molar refractivity (Wildman–Crippen MR) is 112 cm³/mol. The molecule has 0 spiro atoms. The molecular formula is C21H31N3O2S. The van der Waals surface area contributed by atoms with Crippen molar-refractivity contribution in [3.63, 3.8) is 0 Å². The SMILES string of the molecule is CC(C)(C)c1cc(NCc2ccc(CS(C)(=O)=O)cc2)nc(C(C)(C)C)n1. The fourth-order valence-corrected chi connectivity index (χ4v) is 3.30. The van der Waals surface area contributed by atoms with Crippen molar-refractivity contribution in [2.75, 3.05) is 11.6 Å². The third-order valence-electron chi connectivity index (χ3n) is 4.09. The molecule has 2 aromatic rings. The first-order valence-electron chi connectivity index (χ1n) is 9.13. The van der Waals surface area contributed by atoms with Gasteiger partial charge in [-0.15, -0.1) is 0 Å². The second-order valence-electron chi connectivity index (χ2n) is 9.20. The van der Waals surface area contributed by atoms with Crippen LogP contribution in [0.5, 0.6) is 0 Å². The van der Waals surface area contributed by atoms with Crippen molar-refractivity contribution >= 4 is 15.7 Å². The number of hydrogen-bond donors (Lipinski definition) is 1. The average molecular weight is 390 g/mol. The Morgan fingerprint density at radius 2 is 1.44 bits per heavy atom. The smallest absolute Gasteiger partial charge is 0.151 e. The molecule has 148 valence electrons. The summed E-state index contributed by atoms with van der Waals surface area (Å²) < 4.78 is 22.8. The molecule has 0 fully saturated rings. The van der Waals surface area contributed by atoms with Gasteiger partial charge in [-0.3, -0.25) is 0 Å². The topological polar surface area (TPSA) is 72.0 Å². The maximum atomic E-state index is 11.4. The van der Waals surface area contributed by atoms with Crippen LogP contribution in [0, 0.1) is 0 Å². The van der Waals surface area contributed by atoms with Gasteiger partial charge < -0.3 is 5.32 Å². The third kappa shape index (κ3) is 6.61. The van der Waals surface area contributed by atoms with Crippen LogP contribution >= 0.6 is 0 Å². The molecule has 0 saturated heterocycles. The summed E-state index contributed by atoms with van der Waals surface area (Å²) >= 11 is 0. The van der Waals surface area contributed by atoms with E-state index in [4.69, 9.17) is 9.97 Å². The van der Waals surface area contributed by atoms with E-state index < -0.39 is 9.84 Å². The number of sulfone groups is 1. The van der Waals surface area contributed by atoms with Crippen molar-refractivity contribution < 1.29 is 8.42 Å². The Morgan fingerprint density at radius 1 is 0.889 bits per heavy atom. The molecule has 27 heavy (non-hydrogen) atoms. The van der Waals surface area contributed by atoms with E-state index in [1.165, 1.54) is 6.26 Å². The summed E-state index contributed by atoms with van der Waals surface area (Å²) in [5.41, 5.74) is 2.68. The lowest BCUT2D eigenvalue weighted by molar-refractivity contribution is 0.514. The van der Waals surface area contributed by atoms with Gasteiger partial charge in [-0.2, -0.15) is 0 Å². The number of hydrogen-bond acceptors (Lipinski definition) is 5. The van der Waals surface area contributed by atoms with Gasteiger partial charge in [0.15, 0.2) is 9.84 Å². The second kappa shape index (κ2) is 7.58. The zero-order chi connectivity index (χ0) is 20.5. The lowest BCUT2D eigenvalue weighted by atomic mass is 9.90. The van der Waals surface area contributed by atoms with Crippen molar-refractivity contribution in [1.82, 2.24) is 9.97 Å². The van der Waals surface area contributed by atoms with Gasteiger partial charge in [-0.1, -0.05) is 65.8 Å². The molecule has 2 rings (SSSR count). The molecule has 1 aromatic heterocycles.